The number of aryl methyl sites for hydroxylation is 2. The number of nitrogens with one attached hydrogen (secondary N) is 1. The van der Waals surface area contributed by atoms with Crippen molar-refractivity contribution in [1.82, 2.24) is 15.1 Å². The Morgan fingerprint density at radius 1 is 1.53 bits per heavy atom. The van der Waals surface area contributed by atoms with Crippen LogP contribution >= 0.6 is 0 Å². The van der Waals surface area contributed by atoms with Crippen LogP contribution in [-0.4, -0.2) is 35.6 Å². The molecule has 0 bridgehead atoms. The number of likely N-dealkylation sites (N-methyl/N-ethyl adjacent to an activating group) is 1. The lowest BCUT2D eigenvalue weighted by Crippen LogP contribution is -2.46. The van der Waals surface area contributed by atoms with Gasteiger partial charge in [-0.15, -0.1) is 0 Å². The van der Waals surface area contributed by atoms with E-state index < -0.39 is 0 Å². The Hall–Kier alpha value is -0.870. The summed E-state index contributed by atoms with van der Waals surface area (Å²) in [5, 5.41) is 7.97. The second-order valence-electron chi connectivity index (χ2n) is 5.73. The van der Waals surface area contributed by atoms with Crippen LogP contribution in [0.2, 0.25) is 0 Å². The maximum Gasteiger partial charge on any atom is 0.0693 e. The lowest BCUT2D eigenvalue weighted by atomic mass is 9.75. The lowest BCUT2D eigenvalue weighted by molar-refractivity contribution is -0.0831. The van der Waals surface area contributed by atoms with Gasteiger partial charge in [-0.3, -0.25) is 4.68 Å². The third kappa shape index (κ3) is 3.18. The Morgan fingerprint density at radius 3 is 2.74 bits per heavy atom. The van der Waals surface area contributed by atoms with Gasteiger partial charge < -0.3 is 10.1 Å². The first-order valence-electron chi connectivity index (χ1n) is 7.38. The molecule has 1 heterocycles. The van der Waals surface area contributed by atoms with Crippen LogP contribution in [0.3, 0.4) is 0 Å². The molecular formula is C15H27N3O. The molecule has 1 unspecified atom stereocenters. The fourth-order valence-electron chi connectivity index (χ4n) is 3.08. The summed E-state index contributed by atoms with van der Waals surface area (Å²) in [6.45, 7) is 5.15. The Morgan fingerprint density at radius 2 is 2.26 bits per heavy atom. The van der Waals surface area contributed by atoms with Crippen molar-refractivity contribution in [2.45, 2.75) is 64.1 Å². The van der Waals surface area contributed by atoms with Crippen molar-refractivity contribution >= 4 is 0 Å². The third-order valence-corrected chi connectivity index (χ3v) is 4.47. The van der Waals surface area contributed by atoms with Gasteiger partial charge in [0.1, 0.15) is 0 Å². The predicted molar refractivity (Wildman–Crippen MR) is 77.4 cm³/mol. The largest absolute Gasteiger partial charge is 0.378 e. The number of hydrogen-bond acceptors (Lipinski definition) is 3. The average Bonchev–Trinajstić information content (AvgIpc) is 2.72. The summed E-state index contributed by atoms with van der Waals surface area (Å²) in [5.74, 6) is 0. The number of hydrogen-bond donors (Lipinski definition) is 1. The maximum atomic E-state index is 5.74. The molecule has 0 aromatic carbocycles. The minimum Gasteiger partial charge on any atom is -0.378 e. The minimum atomic E-state index is 0.125. The fourth-order valence-corrected chi connectivity index (χ4v) is 3.08. The van der Waals surface area contributed by atoms with Crippen molar-refractivity contribution in [3.8, 4) is 0 Å². The molecule has 0 radical (unpaired) electrons. The van der Waals surface area contributed by atoms with Gasteiger partial charge in [-0.1, -0.05) is 0 Å². The standard InChI is InChI=1S/C15H27N3O/c1-5-18-14(9-12(2)17-18)10-13(16-3)11-15(19-4)7-6-8-15/h9,13,16H,5-8,10-11H2,1-4H3. The number of aromatic nitrogens is 2. The van der Waals surface area contributed by atoms with E-state index in [-0.39, 0.29) is 5.60 Å². The van der Waals surface area contributed by atoms with E-state index in [1.165, 1.54) is 25.0 Å². The van der Waals surface area contributed by atoms with Gasteiger partial charge in [-0.25, -0.2) is 0 Å². The smallest absolute Gasteiger partial charge is 0.0693 e. The SMILES string of the molecule is CCn1nc(C)cc1CC(CC1(OC)CCC1)NC. The van der Waals surface area contributed by atoms with E-state index in [1.807, 2.05) is 14.2 Å². The average molecular weight is 265 g/mol. The summed E-state index contributed by atoms with van der Waals surface area (Å²) in [6, 6.07) is 2.66. The van der Waals surface area contributed by atoms with Crippen molar-refractivity contribution in [2.75, 3.05) is 14.2 Å². The molecule has 1 saturated carbocycles. The van der Waals surface area contributed by atoms with E-state index in [9.17, 15) is 0 Å². The van der Waals surface area contributed by atoms with Crippen molar-refractivity contribution < 1.29 is 4.74 Å². The van der Waals surface area contributed by atoms with Crippen molar-refractivity contribution in [2.24, 2.45) is 0 Å². The van der Waals surface area contributed by atoms with Crippen molar-refractivity contribution in [3.05, 3.63) is 17.5 Å². The van der Waals surface area contributed by atoms with E-state index in [2.05, 4.69) is 35.0 Å². The molecule has 0 amide bonds. The highest BCUT2D eigenvalue weighted by Gasteiger charge is 2.38. The molecule has 2 rings (SSSR count). The van der Waals surface area contributed by atoms with Gasteiger partial charge in [-0.2, -0.15) is 5.10 Å². The van der Waals surface area contributed by atoms with Crippen LogP contribution in [0, 0.1) is 6.92 Å². The summed E-state index contributed by atoms with van der Waals surface area (Å²) in [4.78, 5) is 0. The maximum absolute atomic E-state index is 5.74. The van der Waals surface area contributed by atoms with Gasteiger partial charge in [0.2, 0.25) is 0 Å². The monoisotopic (exact) mass is 265 g/mol. The first-order chi connectivity index (χ1) is 9.12. The van der Waals surface area contributed by atoms with E-state index in [0.29, 0.717) is 6.04 Å². The molecular weight excluding hydrogens is 238 g/mol. The van der Waals surface area contributed by atoms with Crippen molar-refractivity contribution in [3.63, 3.8) is 0 Å². The van der Waals surface area contributed by atoms with Crippen LogP contribution in [0.4, 0.5) is 0 Å². The molecule has 0 aliphatic heterocycles. The van der Waals surface area contributed by atoms with Crippen LogP contribution in [0.15, 0.2) is 6.07 Å². The topological polar surface area (TPSA) is 39.1 Å². The molecule has 0 saturated heterocycles. The van der Waals surface area contributed by atoms with E-state index in [4.69, 9.17) is 4.74 Å². The van der Waals surface area contributed by atoms with Crippen LogP contribution in [0.25, 0.3) is 0 Å². The summed E-state index contributed by atoms with van der Waals surface area (Å²) in [7, 11) is 3.90. The molecule has 4 nitrogen and oxygen atoms in total. The number of ether oxygens (including phenoxy) is 1. The molecule has 19 heavy (non-hydrogen) atoms. The number of rotatable bonds is 7. The van der Waals surface area contributed by atoms with Gasteiger partial charge in [-0.05, 0) is 52.6 Å². The zero-order valence-electron chi connectivity index (χ0n) is 12.7. The summed E-state index contributed by atoms with van der Waals surface area (Å²) >= 11 is 0. The second-order valence-corrected chi connectivity index (χ2v) is 5.73. The second kappa shape index (κ2) is 6.06. The minimum absolute atomic E-state index is 0.125. The highest BCUT2D eigenvalue weighted by Crippen LogP contribution is 2.39. The molecule has 1 fully saturated rings. The quantitative estimate of drug-likeness (QED) is 0.822. The molecule has 0 spiro atoms. The Balaban J connectivity index is 2.02. The Labute approximate surface area is 116 Å². The summed E-state index contributed by atoms with van der Waals surface area (Å²) in [5.41, 5.74) is 2.56. The zero-order valence-corrected chi connectivity index (χ0v) is 12.7. The Bertz CT molecular complexity index is 404. The van der Waals surface area contributed by atoms with Crippen LogP contribution in [-0.2, 0) is 17.7 Å². The molecule has 1 aliphatic carbocycles. The van der Waals surface area contributed by atoms with Gasteiger partial charge in [0.15, 0.2) is 0 Å². The Kier molecular flexibility index (Phi) is 4.63. The highest BCUT2D eigenvalue weighted by atomic mass is 16.5. The van der Waals surface area contributed by atoms with Gasteiger partial charge in [0.05, 0.1) is 11.3 Å². The molecule has 1 aliphatic rings. The summed E-state index contributed by atoms with van der Waals surface area (Å²) < 4.78 is 7.85. The van der Waals surface area contributed by atoms with E-state index in [0.717, 1.165) is 25.1 Å². The number of methoxy groups -OCH3 is 1. The molecule has 1 atom stereocenters. The fraction of sp³-hybridized carbons (Fsp3) is 0.800. The molecule has 1 aromatic heterocycles. The van der Waals surface area contributed by atoms with Gasteiger partial charge >= 0.3 is 0 Å². The molecule has 108 valence electrons. The van der Waals surface area contributed by atoms with Gasteiger partial charge in [0, 0.05) is 31.8 Å². The molecule has 1 N–H and O–H groups in total. The van der Waals surface area contributed by atoms with Crippen LogP contribution in [0.5, 0.6) is 0 Å². The highest BCUT2D eigenvalue weighted by molar-refractivity contribution is 5.11. The zero-order chi connectivity index (χ0) is 13.9. The summed E-state index contributed by atoms with van der Waals surface area (Å²) in [6.07, 6.45) is 5.82. The third-order valence-electron chi connectivity index (χ3n) is 4.47. The van der Waals surface area contributed by atoms with Crippen LogP contribution in [0.1, 0.15) is 44.0 Å². The van der Waals surface area contributed by atoms with E-state index >= 15 is 0 Å². The van der Waals surface area contributed by atoms with Gasteiger partial charge in [0.25, 0.3) is 0 Å². The molecule has 4 heteroatoms. The normalized spacial score (nSPS) is 19.2. The first-order valence-corrected chi connectivity index (χ1v) is 7.38. The molecule has 1 aromatic rings. The lowest BCUT2D eigenvalue weighted by Gasteiger charge is -2.42. The van der Waals surface area contributed by atoms with Crippen LogP contribution < -0.4 is 5.32 Å². The van der Waals surface area contributed by atoms with E-state index in [1.54, 1.807) is 0 Å². The number of nitrogens with zero attached hydrogens (tertiary/aromatic N) is 2. The predicted octanol–water partition coefficient (Wildman–Crippen LogP) is 2.30. The first kappa shape index (κ1) is 14.5. The van der Waals surface area contributed by atoms with Crippen molar-refractivity contribution in [1.29, 1.82) is 0 Å².